The van der Waals surface area contributed by atoms with E-state index in [0.717, 1.165) is 31.1 Å². The molecule has 1 aromatic heterocycles. The molecule has 0 spiro atoms. The number of anilines is 2. The van der Waals surface area contributed by atoms with Crippen LogP contribution in [0.2, 0.25) is 0 Å². The highest BCUT2D eigenvalue weighted by Crippen LogP contribution is 2.19. The van der Waals surface area contributed by atoms with E-state index < -0.39 is 5.54 Å². The van der Waals surface area contributed by atoms with Crippen molar-refractivity contribution in [1.82, 2.24) is 10.3 Å². The van der Waals surface area contributed by atoms with Crippen LogP contribution in [-0.4, -0.2) is 36.1 Å². The molecular formula is C15H24N4O. The molecule has 1 aromatic rings. The van der Waals surface area contributed by atoms with Gasteiger partial charge >= 0.3 is 0 Å². The summed E-state index contributed by atoms with van der Waals surface area (Å²) in [5.41, 5.74) is 0.159. The van der Waals surface area contributed by atoms with Gasteiger partial charge in [0.25, 0.3) is 0 Å². The quantitative estimate of drug-likeness (QED) is 0.864. The highest BCUT2D eigenvalue weighted by atomic mass is 16.2. The zero-order chi connectivity index (χ0) is 14.6. The molecule has 0 aliphatic carbocycles. The Balaban J connectivity index is 1.98. The predicted octanol–water partition coefficient (Wildman–Crippen LogP) is 2.01. The number of amides is 1. The summed E-state index contributed by atoms with van der Waals surface area (Å²) in [4.78, 5) is 18.9. The van der Waals surface area contributed by atoms with Gasteiger partial charge in [0.15, 0.2) is 0 Å². The lowest BCUT2D eigenvalue weighted by molar-refractivity contribution is -0.121. The molecule has 2 heterocycles. The Morgan fingerprint density at radius 2 is 2.05 bits per heavy atom. The fraction of sp³-hybridized carbons (Fsp3) is 0.600. The van der Waals surface area contributed by atoms with E-state index >= 15 is 0 Å². The smallest absolute Gasteiger partial charge is 0.244 e. The van der Waals surface area contributed by atoms with Gasteiger partial charge in [-0.05, 0) is 45.4 Å². The standard InChI is InChI=1S/C15H24N4O/c1-4-17-15(2,3)14(20)18-12-7-8-13(16-11-12)19-9-5-6-10-19/h7-8,11,17H,4-6,9-10H2,1-3H3,(H,18,20). The maximum Gasteiger partial charge on any atom is 0.244 e. The zero-order valence-corrected chi connectivity index (χ0v) is 12.6. The lowest BCUT2D eigenvalue weighted by Gasteiger charge is -2.24. The summed E-state index contributed by atoms with van der Waals surface area (Å²) in [5.74, 6) is 0.946. The SMILES string of the molecule is CCNC(C)(C)C(=O)Nc1ccc(N2CCCC2)nc1. The molecule has 0 atom stereocenters. The lowest BCUT2D eigenvalue weighted by atomic mass is 10.0. The molecule has 1 aliphatic rings. The van der Waals surface area contributed by atoms with E-state index in [9.17, 15) is 4.79 Å². The summed E-state index contributed by atoms with van der Waals surface area (Å²) in [7, 11) is 0. The highest BCUT2D eigenvalue weighted by Gasteiger charge is 2.26. The van der Waals surface area contributed by atoms with E-state index in [1.54, 1.807) is 6.20 Å². The summed E-state index contributed by atoms with van der Waals surface area (Å²) in [6.45, 7) is 8.64. The molecule has 5 heteroatoms. The van der Waals surface area contributed by atoms with Crippen LogP contribution < -0.4 is 15.5 Å². The molecular weight excluding hydrogens is 252 g/mol. The Kier molecular flexibility index (Phi) is 4.60. The molecule has 20 heavy (non-hydrogen) atoms. The van der Waals surface area contributed by atoms with Crippen molar-refractivity contribution in [3.05, 3.63) is 18.3 Å². The molecule has 0 bridgehead atoms. The normalized spacial score (nSPS) is 15.4. The van der Waals surface area contributed by atoms with E-state index in [0.29, 0.717) is 0 Å². The molecule has 1 fully saturated rings. The summed E-state index contributed by atoms with van der Waals surface area (Å²) in [5, 5.41) is 6.06. The molecule has 0 saturated carbocycles. The Hall–Kier alpha value is -1.62. The van der Waals surface area contributed by atoms with Gasteiger partial charge in [-0.3, -0.25) is 4.79 Å². The number of hydrogen-bond acceptors (Lipinski definition) is 4. The highest BCUT2D eigenvalue weighted by molar-refractivity contribution is 5.97. The van der Waals surface area contributed by atoms with Gasteiger partial charge in [0, 0.05) is 13.1 Å². The van der Waals surface area contributed by atoms with E-state index in [1.165, 1.54) is 12.8 Å². The summed E-state index contributed by atoms with van der Waals surface area (Å²) in [6, 6.07) is 3.89. The van der Waals surface area contributed by atoms with E-state index in [2.05, 4.69) is 20.5 Å². The minimum atomic E-state index is -0.581. The molecule has 1 aliphatic heterocycles. The maximum atomic E-state index is 12.2. The number of hydrogen-bond donors (Lipinski definition) is 2. The third-order valence-corrected chi connectivity index (χ3v) is 3.62. The van der Waals surface area contributed by atoms with Crippen molar-refractivity contribution < 1.29 is 4.79 Å². The number of aromatic nitrogens is 1. The number of rotatable bonds is 5. The minimum Gasteiger partial charge on any atom is -0.357 e. The minimum absolute atomic E-state index is 0.0462. The zero-order valence-electron chi connectivity index (χ0n) is 12.6. The van der Waals surface area contributed by atoms with Crippen molar-refractivity contribution in [2.24, 2.45) is 0 Å². The maximum absolute atomic E-state index is 12.2. The first-order chi connectivity index (χ1) is 9.53. The first-order valence-corrected chi connectivity index (χ1v) is 7.30. The van der Waals surface area contributed by atoms with Crippen LogP contribution in [0.1, 0.15) is 33.6 Å². The number of nitrogens with one attached hydrogen (secondary N) is 2. The number of nitrogens with zero attached hydrogens (tertiary/aromatic N) is 2. The van der Waals surface area contributed by atoms with Crippen molar-refractivity contribution in [2.45, 2.75) is 39.2 Å². The third kappa shape index (κ3) is 3.48. The van der Waals surface area contributed by atoms with Gasteiger partial charge in [-0.25, -0.2) is 4.98 Å². The number of carbonyl (C=O) groups excluding carboxylic acids is 1. The van der Waals surface area contributed by atoms with Crippen LogP contribution >= 0.6 is 0 Å². The fourth-order valence-electron chi connectivity index (χ4n) is 2.40. The van der Waals surface area contributed by atoms with Crippen LogP contribution in [0.4, 0.5) is 11.5 Å². The van der Waals surface area contributed by atoms with Gasteiger partial charge < -0.3 is 15.5 Å². The van der Waals surface area contributed by atoms with Crippen molar-refractivity contribution in [1.29, 1.82) is 0 Å². The van der Waals surface area contributed by atoms with Crippen LogP contribution in [0.25, 0.3) is 0 Å². The van der Waals surface area contributed by atoms with Crippen LogP contribution in [0, 0.1) is 0 Å². The molecule has 5 nitrogen and oxygen atoms in total. The number of pyridine rings is 1. The van der Waals surface area contributed by atoms with Crippen LogP contribution in [0.3, 0.4) is 0 Å². The van der Waals surface area contributed by atoms with Gasteiger partial charge in [0.1, 0.15) is 5.82 Å². The second-order valence-corrected chi connectivity index (χ2v) is 5.71. The van der Waals surface area contributed by atoms with Crippen LogP contribution in [0.15, 0.2) is 18.3 Å². The molecule has 0 unspecified atom stereocenters. The monoisotopic (exact) mass is 276 g/mol. The first kappa shape index (κ1) is 14.8. The topological polar surface area (TPSA) is 57.3 Å². The van der Waals surface area contributed by atoms with Crippen LogP contribution in [0.5, 0.6) is 0 Å². The summed E-state index contributed by atoms with van der Waals surface area (Å²) in [6.07, 6.45) is 4.20. The van der Waals surface area contributed by atoms with Gasteiger partial charge in [-0.1, -0.05) is 6.92 Å². The van der Waals surface area contributed by atoms with Crippen molar-refractivity contribution in [2.75, 3.05) is 29.9 Å². The molecule has 2 rings (SSSR count). The van der Waals surface area contributed by atoms with Gasteiger partial charge in [-0.15, -0.1) is 0 Å². The lowest BCUT2D eigenvalue weighted by Crippen LogP contribution is -2.49. The van der Waals surface area contributed by atoms with Gasteiger partial charge in [-0.2, -0.15) is 0 Å². The van der Waals surface area contributed by atoms with E-state index in [-0.39, 0.29) is 5.91 Å². The average molecular weight is 276 g/mol. The third-order valence-electron chi connectivity index (χ3n) is 3.62. The van der Waals surface area contributed by atoms with Gasteiger partial charge in [0.05, 0.1) is 17.4 Å². The summed E-state index contributed by atoms with van der Waals surface area (Å²) < 4.78 is 0. The Labute approximate surface area is 120 Å². The molecule has 1 saturated heterocycles. The predicted molar refractivity (Wildman–Crippen MR) is 82.1 cm³/mol. The van der Waals surface area contributed by atoms with Crippen molar-refractivity contribution >= 4 is 17.4 Å². The molecule has 1 amide bonds. The second-order valence-electron chi connectivity index (χ2n) is 5.71. The van der Waals surface area contributed by atoms with Gasteiger partial charge in [0.2, 0.25) is 5.91 Å². The van der Waals surface area contributed by atoms with E-state index in [4.69, 9.17) is 0 Å². The van der Waals surface area contributed by atoms with Crippen molar-refractivity contribution in [3.63, 3.8) is 0 Å². The Morgan fingerprint density at radius 1 is 1.35 bits per heavy atom. The Morgan fingerprint density at radius 3 is 2.60 bits per heavy atom. The second kappa shape index (κ2) is 6.22. The van der Waals surface area contributed by atoms with E-state index in [1.807, 2.05) is 32.9 Å². The van der Waals surface area contributed by atoms with Crippen molar-refractivity contribution in [3.8, 4) is 0 Å². The largest absolute Gasteiger partial charge is 0.357 e. The molecule has 0 aromatic carbocycles. The Bertz CT molecular complexity index is 449. The molecule has 110 valence electrons. The average Bonchev–Trinajstić information content (AvgIpc) is 2.93. The van der Waals surface area contributed by atoms with Crippen LogP contribution in [-0.2, 0) is 4.79 Å². The number of carbonyl (C=O) groups is 1. The fourth-order valence-corrected chi connectivity index (χ4v) is 2.40. The number of likely N-dealkylation sites (N-methyl/N-ethyl adjacent to an activating group) is 1. The molecule has 0 radical (unpaired) electrons. The summed E-state index contributed by atoms with van der Waals surface area (Å²) >= 11 is 0. The molecule has 2 N–H and O–H groups in total. The first-order valence-electron chi connectivity index (χ1n) is 7.30.